The highest BCUT2D eigenvalue weighted by Gasteiger charge is 2.26. The third kappa shape index (κ3) is 3.66. The molecule has 3 heterocycles. The molecule has 1 atom stereocenters. The van der Waals surface area contributed by atoms with Gasteiger partial charge in [0.1, 0.15) is 0 Å². The molecule has 0 bridgehead atoms. The Balaban J connectivity index is 1.41. The number of aromatic amines is 1. The van der Waals surface area contributed by atoms with Crippen LogP contribution in [0, 0.1) is 5.82 Å². The van der Waals surface area contributed by atoms with Crippen molar-refractivity contribution >= 4 is 11.9 Å². The van der Waals surface area contributed by atoms with Crippen LogP contribution in [-0.2, 0) is 0 Å². The van der Waals surface area contributed by atoms with Gasteiger partial charge in [0.05, 0.1) is 18.5 Å². The third-order valence-corrected chi connectivity index (χ3v) is 4.74. The van der Waals surface area contributed by atoms with Crippen LogP contribution < -0.4 is 15.0 Å². The molecule has 7 nitrogen and oxygen atoms in total. The summed E-state index contributed by atoms with van der Waals surface area (Å²) in [5.41, 5.74) is 2.01. The molecule has 0 aliphatic carbocycles. The summed E-state index contributed by atoms with van der Waals surface area (Å²) in [5.74, 6) is -0.130. The molecule has 1 amide bonds. The van der Waals surface area contributed by atoms with E-state index in [2.05, 4.69) is 20.3 Å². The van der Waals surface area contributed by atoms with E-state index in [-0.39, 0.29) is 23.3 Å². The van der Waals surface area contributed by atoms with Crippen LogP contribution in [-0.4, -0.2) is 47.1 Å². The van der Waals surface area contributed by atoms with Crippen LogP contribution in [0.5, 0.6) is 5.75 Å². The summed E-state index contributed by atoms with van der Waals surface area (Å²) in [6, 6.07) is 9.84. The fraction of sp³-hybridized carbons (Fsp3) is 0.250. The number of hydrogen-bond donors (Lipinski definition) is 2. The van der Waals surface area contributed by atoms with Crippen molar-refractivity contribution in [2.24, 2.45) is 0 Å². The topological polar surface area (TPSA) is 83.1 Å². The van der Waals surface area contributed by atoms with Crippen molar-refractivity contribution < 1.29 is 13.9 Å². The molecule has 28 heavy (non-hydrogen) atoms. The first-order valence-electron chi connectivity index (χ1n) is 9.00. The second-order valence-corrected chi connectivity index (χ2v) is 6.58. The highest BCUT2D eigenvalue weighted by atomic mass is 19.1. The third-order valence-electron chi connectivity index (χ3n) is 4.74. The minimum Gasteiger partial charge on any atom is -0.494 e. The van der Waals surface area contributed by atoms with E-state index in [1.54, 1.807) is 12.3 Å². The van der Waals surface area contributed by atoms with Crippen LogP contribution in [0.2, 0.25) is 0 Å². The predicted octanol–water partition coefficient (Wildman–Crippen LogP) is 2.63. The highest BCUT2D eigenvalue weighted by Crippen LogP contribution is 2.21. The zero-order valence-electron chi connectivity index (χ0n) is 15.4. The number of nitrogens with one attached hydrogen (secondary N) is 2. The number of rotatable bonds is 5. The zero-order valence-corrected chi connectivity index (χ0v) is 15.4. The lowest BCUT2D eigenvalue weighted by Crippen LogP contribution is -2.37. The predicted molar refractivity (Wildman–Crippen MR) is 103 cm³/mol. The van der Waals surface area contributed by atoms with E-state index >= 15 is 0 Å². The zero-order chi connectivity index (χ0) is 19.5. The molecule has 1 unspecified atom stereocenters. The number of H-pyrrole nitrogens is 1. The summed E-state index contributed by atoms with van der Waals surface area (Å²) >= 11 is 0. The molecule has 8 heteroatoms. The summed E-state index contributed by atoms with van der Waals surface area (Å²) < 4.78 is 18.7. The Hall–Kier alpha value is -3.42. The van der Waals surface area contributed by atoms with Crippen LogP contribution in [0.1, 0.15) is 16.8 Å². The van der Waals surface area contributed by atoms with Gasteiger partial charge in [0.2, 0.25) is 5.95 Å². The van der Waals surface area contributed by atoms with Crippen molar-refractivity contribution in [1.82, 2.24) is 20.3 Å². The number of halogens is 1. The maximum Gasteiger partial charge on any atom is 0.251 e. The van der Waals surface area contributed by atoms with Crippen molar-refractivity contribution in [1.29, 1.82) is 0 Å². The van der Waals surface area contributed by atoms with Crippen LogP contribution >= 0.6 is 0 Å². The van der Waals surface area contributed by atoms with Crippen LogP contribution in [0.3, 0.4) is 0 Å². The van der Waals surface area contributed by atoms with Gasteiger partial charge < -0.3 is 19.9 Å². The second-order valence-electron chi connectivity index (χ2n) is 6.58. The van der Waals surface area contributed by atoms with Crippen molar-refractivity contribution in [2.75, 3.05) is 25.1 Å². The first-order chi connectivity index (χ1) is 13.6. The van der Waals surface area contributed by atoms with Gasteiger partial charge in [-0.2, -0.15) is 0 Å². The van der Waals surface area contributed by atoms with E-state index in [1.807, 2.05) is 29.3 Å². The summed E-state index contributed by atoms with van der Waals surface area (Å²) in [6.07, 6.45) is 4.34. The Morgan fingerprint density at radius 3 is 3.00 bits per heavy atom. The van der Waals surface area contributed by atoms with Gasteiger partial charge in [0, 0.05) is 37.1 Å². The minimum absolute atomic E-state index is 0.0598. The van der Waals surface area contributed by atoms with Gasteiger partial charge in [0.15, 0.2) is 11.6 Å². The molecule has 1 aliphatic rings. The standard InChI is InChI=1S/C20H20FN5O2/c1-28-18-5-4-13(11-15(18)21)19(27)24-14-7-10-26(12-14)20-23-9-6-17(25-20)16-3-2-8-22-16/h2-6,8-9,11,14,22H,7,10,12H2,1H3,(H,24,27). The Labute approximate surface area is 161 Å². The number of aromatic nitrogens is 3. The minimum atomic E-state index is -0.558. The SMILES string of the molecule is COc1ccc(C(=O)NC2CCN(c3nccc(-c4ccc[nH]4)n3)C2)cc1F. The van der Waals surface area contributed by atoms with Crippen molar-refractivity contribution in [3.8, 4) is 17.1 Å². The monoisotopic (exact) mass is 381 g/mol. The molecule has 0 radical (unpaired) electrons. The van der Waals surface area contributed by atoms with Gasteiger partial charge in [-0.15, -0.1) is 0 Å². The average Bonchev–Trinajstić information content (AvgIpc) is 3.40. The first-order valence-corrected chi connectivity index (χ1v) is 9.00. The highest BCUT2D eigenvalue weighted by molar-refractivity contribution is 5.94. The number of methoxy groups -OCH3 is 1. The fourth-order valence-corrected chi connectivity index (χ4v) is 3.28. The Morgan fingerprint density at radius 2 is 2.25 bits per heavy atom. The molecule has 1 aromatic carbocycles. The molecule has 2 N–H and O–H groups in total. The molecule has 1 fully saturated rings. The molecular weight excluding hydrogens is 361 g/mol. The Morgan fingerprint density at radius 1 is 1.36 bits per heavy atom. The van der Waals surface area contributed by atoms with E-state index in [1.165, 1.54) is 19.2 Å². The van der Waals surface area contributed by atoms with E-state index in [0.717, 1.165) is 24.4 Å². The summed E-state index contributed by atoms with van der Waals surface area (Å²) in [6.45, 7) is 1.33. The van der Waals surface area contributed by atoms with E-state index in [0.29, 0.717) is 12.5 Å². The van der Waals surface area contributed by atoms with E-state index in [9.17, 15) is 9.18 Å². The molecule has 144 valence electrons. The van der Waals surface area contributed by atoms with Gasteiger partial charge >= 0.3 is 0 Å². The molecule has 1 saturated heterocycles. The van der Waals surface area contributed by atoms with Gasteiger partial charge in [0.25, 0.3) is 5.91 Å². The van der Waals surface area contributed by atoms with E-state index in [4.69, 9.17) is 4.74 Å². The maximum absolute atomic E-state index is 13.8. The summed E-state index contributed by atoms with van der Waals surface area (Å²) in [7, 11) is 1.39. The number of hydrogen-bond acceptors (Lipinski definition) is 5. The molecule has 3 aromatic rings. The number of amides is 1. The largest absolute Gasteiger partial charge is 0.494 e. The first kappa shape index (κ1) is 18.0. The smallest absolute Gasteiger partial charge is 0.251 e. The molecule has 1 aliphatic heterocycles. The van der Waals surface area contributed by atoms with Crippen molar-refractivity contribution in [2.45, 2.75) is 12.5 Å². The second kappa shape index (κ2) is 7.67. The number of carbonyl (C=O) groups is 1. The molecule has 2 aromatic heterocycles. The van der Waals surface area contributed by atoms with Crippen molar-refractivity contribution in [3.05, 3.63) is 60.2 Å². The number of carbonyl (C=O) groups excluding carboxylic acids is 1. The quantitative estimate of drug-likeness (QED) is 0.710. The van der Waals surface area contributed by atoms with Crippen molar-refractivity contribution in [3.63, 3.8) is 0 Å². The van der Waals surface area contributed by atoms with E-state index < -0.39 is 5.82 Å². The number of nitrogens with zero attached hydrogens (tertiary/aromatic N) is 3. The van der Waals surface area contributed by atoms with Gasteiger partial charge in [-0.3, -0.25) is 4.79 Å². The molecule has 0 saturated carbocycles. The Kier molecular flexibility index (Phi) is 4.92. The molecule has 0 spiro atoms. The molecular formula is C20H20FN5O2. The molecule has 4 rings (SSSR count). The normalized spacial score (nSPS) is 16.2. The average molecular weight is 381 g/mol. The lowest BCUT2D eigenvalue weighted by atomic mass is 10.1. The van der Waals surface area contributed by atoms with Gasteiger partial charge in [-0.05, 0) is 42.8 Å². The lowest BCUT2D eigenvalue weighted by Gasteiger charge is -2.17. The maximum atomic E-state index is 13.8. The Bertz CT molecular complexity index is 976. The van der Waals surface area contributed by atoms with Crippen LogP contribution in [0.4, 0.5) is 10.3 Å². The van der Waals surface area contributed by atoms with Crippen LogP contribution in [0.25, 0.3) is 11.4 Å². The van der Waals surface area contributed by atoms with Gasteiger partial charge in [-0.25, -0.2) is 14.4 Å². The number of benzene rings is 1. The lowest BCUT2D eigenvalue weighted by molar-refractivity contribution is 0.0940. The van der Waals surface area contributed by atoms with Crippen LogP contribution in [0.15, 0.2) is 48.8 Å². The number of anilines is 1. The summed E-state index contributed by atoms with van der Waals surface area (Å²) in [4.78, 5) is 26.6. The fourth-order valence-electron chi connectivity index (χ4n) is 3.28. The van der Waals surface area contributed by atoms with Gasteiger partial charge in [-0.1, -0.05) is 0 Å². The summed E-state index contributed by atoms with van der Waals surface area (Å²) in [5, 5.41) is 2.95. The number of ether oxygens (including phenoxy) is 1.